The van der Waals surface area contributed by atoms with Gasteiger partial charge in [-0.3, -0.25) is 4.79 Å². The highest BCUT2D eigenvalue weighted by molar-refractivity contribution is 7.17. The number of hydrogen-bond donors (Lipinski definition) is 1. The average molecular weight is 534 g/mol. The quantitative estimate of drug-likeness (QED) is 0.209. The van der Waals surface area contributed by atoms with Gasteiger partial charge in [0.15, 0.2) is 6.10 Å². The van der Waals surface area contributed by atoms with Crippen LogP contribution in [0.5, 0.6) is 5.75 Å². The SMILES string of the molecule is CCOC(=O)c1c(NC(=O)[C@H](C)OC(=O)/C(=C/c2ccccc2OC)c2ccccc2)sc2c1CCCC2. The Balaban J connectivity index is 1.57. The van der Waals surface area contributed by atoms with Crippen molar-refractivity contribution in [3.8, 4) is 5.75 Å². The zero-order valence-corrected chi connectivity index (χ0v) is 22.6. The Morgan fingerprint density at radius 3 is 2.47 bits per heavy atom. The van der Waals surface area contributed by atoms with Crippen LogP contribution < -0.4 is 10.1 Å². The summed E-state index contributed by atoms with van der Waals surface area (Å²) in [6.07, 6.45) is 4.24. The van der Waals surface area contributed by atoms with Crippen LogP contribution in [-0.4, -0.2) is 37.7 Å². The maximum absolute atomic E-state index is 13.4. The molecule has 0 spiro atoms. The van der Waals surface area contributed by atoms with Gasteiger partial charge >= 0.3 is 11.9 Å². The molecule has 0 saturated carbocycles. The summed E-state index contributed by atoms with van der Waals surface area (Å²) in [5, 5.41) is 3.26. The van der Waals surface area contributed by atoms with Crippen LogP contribution in [0.1, 0.15) is 58.6 Å². The smallest absolute Gasteiger partial charge is 0.341 e. The number of ether oxygens (including phenoxy) is 3. The van der Waals surface area contributed by atoms with Gasteiger partial charge in [0, 0.05) is 10.4 Å². The molecular formula is C30H31NO6S. The van der Waals surface area contributed by atoms with Crippen molar-refractivity contribution in [2.75, 3.05) is 19.0 Å². The zero-order chi connectivity index (χ0) is 27.1. The second-order valence-corrected chi connectivity index (χ2v) is 9.94. The minimum atomic E-state index is -1.11. The second kappa shape index (κ2) is 12.6. The topological polar surface area (TPSA) is 90.9 Å². The summed E-state index contributed by atoms with van der Waals surface area (Å²) in [5.41, 5.74) is 3.00. The Bertz CT molecular complexity index is 1340. The Hall–Kier alpha value is -3.91. The van der Waals surface area contributed by atoms with Gasteiger partial charge in [-0.1, -0.05) is 48.5 Å². The average Bonchev–Trinajstić information content (AvgIpc) is 3.30. The van der Waals surface area contributed by atoms with Crippen LogP contribution in [-0.2, 0) is 31.9 Å². The Morgan fingerprint density at radius 1 is 1.03 bits per heavy atom. The minimum absolute atomic E-state index is 0.242. The first-order chi connectivity index (χ1) is 18.4. The lowest BCUT2D eigenvalue weighted by molar-refractivity contribution is -0.147. The molecule has 1 atom stereocenters. The van der Waals surface area contributed by atoms with E-state index in [1.165, 1.54) is 18.3 Å². The van der Waals surface area contributed by atoms with E-state index in [9.17, 15) is 14.4 Å². The summed E-state index contributed by atoms with van der Waals surface area (Å²) in [4.78, 5) is 40.3. The van der Waals surface area contributed by atoms with Crippen molar-refractivity contribution in [1.29, 1.82) is 0 Å². The lowest BCUT2D eigenvalue weighted by Crippen LogP contribution is -2.30. The predicted octanol–water partition coefficient (Wildman–Crippen LogP) is 5.92. The van der Waals surface area contributed by atoms with Crippen molar-refractivity contribution in [3.05, 3.63) is 81.7 Å². The summed E-state index contributed by atoms with van der Waals surface area (Å²) < 4.78 is 16.3. The van der Waals surface area contributed by atoms with E-state index in [2.05, 4.69) is 5.32 Å². The lowest BCUT2D eigenvalue weighted by atomic mass is 9.95. The summed E-state index contributed by atoms with van der Waals surface area (Å²) in [6, 6.07) is 16.4. The Kier molecular flexibility index (Phi) is 8.97. The van der Waals surface area contributed by atoms with Gasteiger partial charge in [0.05, 0.1) is 24.9 Å². The first-order valence-corrected chi connectivity index (χ1v) is 13.5. The molecule has 1 aromatic heterocycles. The van der Waals surface area contributed by atoms with Gasteiger partial charge in [-0.2, -0.15) is 0 Å². The molecule has 0 bridgehead atoms. The number of nitrogens with one attached hydrogen (secondary N) is 1. The van der Waals surface area contributed by atoms with Gasteiger partial charge < -0.3 is 19.5 Å². The summed E-state index contributed by atoms with van der Waals surface area (Å²) in [7, 11) is 1.56. The monoisotopic (exact) mass is 533 g/mol. The number of carbonyl (C=O) groups excluding carboxylic acids is 3. The van der Waals surface area contributed by atoms with Gasteiger partial charge in [-0.25, -0.2) is 9.59 Å². The molecule has 7 nitrogen and oxygen atoms in total. The van der Waals surface area contributed by atoms with Crippen LogP contribution in [0.15, 0.2) is 54.6 Å². The lowest BCUT2D eigenvalue weighted by Gasteiger charge is -2.16. The molecule has 1 aliphatic rings. The molecule has 1 heterocycles. The molecule has 1 aliphatic carbocycles. The highest BCUT2D eigenvalue weighted by Crippen LogP contribution is 2.38. The number of benzene rings is 2. The number of esters is 2. The fraction of sp³-hybridized carbons (Fsp3) is 0.300. The summed E-state index contributed by atoms with van der Waals surface area (Å²) >= 11 is 1.39. The van der Waals surface area contributed by atoms with Crippen LogP contribution in [0, 0.1) is 0 Å². The van der Waals surface area contributed by atoms with Crippen LogP contribution in [0.25, 0.3) is 11.6 Å². The maximum atomic E-state index is 13.4. The first-order valence-electron chi connectivity index (χ1n) is 12.7. The fourth-order valence-electron chi connectivity index (χ4n) is 4.38. The molecule has 1 amide bonds. The number of carbonyl (C=O) groups is 3. The molecule has 0 saturated heterocycles. The Labute approximate surface area is 226 Å². The van der Waals surface area contributed by atoms with E-state index in [-0.39, 0.29) is 12.2 Å². The van der Waals surface area contributed by atoms with Crippen molar-refractivity contribution >= 4 is 45.8 Å². The molecule has 2 aromatic carbocycles. The molecule has 0 unspecified atom stereocenters. The number of methoxy groups -OCH3 is 1. The number of amides is 1. The number of hydrogen-bond acceptors (Lipinski definition) is 7. The minimum Gasteiger partial charge on any atom is -0.496 e. The van der Waals surface area contributed by atoms with E-state index in [0.717, 1.165) is 36.1 Å². The standard InChI is InChI=1S/C30H31NO6S/c1-4-36-30(34)26-22-15-9-11-17-25(22)38-28(26)31-27(32)19(2)37-29(33)23(20-12-6-5-7-13-20)18-21-14-8-10-16-24(21)35-3/h5-8,10,12-14,16,18-19H,4,9,11,15,17H2,1-3H3,(H,31,32)/b23-18+/t19-/m0/s1. The van der Waals surface area contributed by atoms with E-state index in [4.69, 9.17) is 14.2 Å². The number of aryl methyl sites for hydroxylation is 1. The number of anilines is 1. The Morgan fingerprint density at radius 2 is 1.74 bits per heavy atom. The van der Waals surface area contributed by atoms with Gasteiger partial charge in [0.2, 0.25) is 0 Å². The highest BCUT2D eigenvalue weighted by Gasteiger charge is 2.29. The molecule has 4 rings (SSSR count). The number of rotatable bonds is 9. The molecular weight excluding hydrogens is 502 g/mol. The van der Waals surface area contributed by atoms with E-state index in [1.54, 1.807) is 38.3 Å². The van der Waals surface area contributed by atoms with E-state index in [1.807, 2.05) is 36.4 Å². The largest absolute Gasteiger partial charge is 0.496 e. The van der Waals surface area contributed by atoms with Crippen molar-refractivity contribution in [3.63, 3.8) is 0 Å². The zero-order valence-electron chi connectivity index (χ0n) is 21.7. The van der Waals surface area contributed by atoms with Crippen molar-refractivity contribution < 1.29 is 28.6 Å². The van der Waals surface area contributed by atoms with Crippen molar-refractivity contribution in [2.45, 2.75) is 45.6 Å². The van der Waals surface area contributed by atoms with Gasteiger partial charge in [-0.05, 0) is 62.8 Å². The summed E-state index contributed by atoms with van der Waals surface area (Å²) in [5.74, 6) is -1.02. The molecule has 38 heavy (non-hydrogen) atoms. The number of fused-ring (bicyclic) bond motifs is 1. The van der Waals surface area contributed by atoms with Gasteiger partial charge in [0.1, 0.15) is 10.8 Å². The first kappa shape index (κ1) is 27.1. The second-order valence-electron chi connectivity index (χ2n) is 8.84. The van der Waals surface area contributed by atoms with Gasteiger partial charge in [-0.15, -0.1) is 11.3 Å². The van der Waals surface area contributed by atoms with E-state index in [0.29, 0.717) is 27.4 Å². The fourth-order valence-corrected chi connectivity index (χ4v) is 5.66. The highest BCUT2D eigenvalue weighted by atomic mass is 32.1. The van der Waals surface area contributed by atoms with E-state index < -0.39 is 23.9 Å². The van der Waals surface area contributed by atoms with Gasteiger partial charge in [0.25, 0.3) is 5.91 Å². The molecule has 8 heteroatoms. The molecule has 0 fully saturated rings. The van der Waals surface area contributed by atoms with Crippen LogP contribution in [0.3, 0.4) is 0 Å². The molecule has 0 radical (unpaired) electrons. The third-order valence-electron chi connectivity index (χ3n) is 6.28. The van der Waals surface area contributed by atoms with Crippen molar-refractivity contribution in [2.24, 2.45) is 0 Å². The van der Waals surface area contributed by atoms with E-state index >= 15 is 0 Å². The normalized spacial score (nSPS) is 13.7. The predicted molar refractivity (Wildman–Crippen MR) is 148 cm³/mol. The number of para-hydroxylation sites is 1. The van der Waals surface area contributed by atoms with Crippen LogP contribution in [0.4, 0.5) is 5.00 Å². The van der Waals surface area contributed by atoms with Crippen LogP contribution >= 0.6 is 11.3 Å². The third kappa shape index (κ3) is 6.14. The van der Waals surface area contributed by atoms with Crippen molar-refractivity contribution in [1.82, 2.24) is 0 Å². The number of thiophene rings is 1. The maximum Gasteiger partial charge on any atom is 0.341 e. The summed E-state index contributed by atoms with van der Waals surface area (Å²) in [6.45, 7) is 3.50. The van der Waals surface area contributed by atoms with Crippen LogP contribution in [0.2, 0.25) is 0 Å². The third-order valence-corrected chi connectivity index (χ3v) is 7.49. The molecule has 1 N–H and O–H groups in total. The molecule has 198 valence electrons. The molecule has 0 aliphatic heterocycles. The molecule has 3 aromatic rings.